The molecule has 2 nitrogen and oxygen atoms in total. The molecule has 0 spiro atoms. The molecule has 0 bridgehead atoms. The fourth-order valence-electron chi connectivity index (χ4n) is 1.89. The summed E-state index contributed by atoms with van der Waals surface area (Å²) in [6.07, 6.45) is 7.87. The van der Waals surface area contributed by atoms with Gasteiger partial charge < -0.3 is 9.47 Å². The van der Waals surface area contributed by atoms with E-state index in [1.54, 1.807) is 6.08 Å². The number of epoxide rings is 1. The van der Waals surface area contributed by atoms with Gasteiger partial charge in [0.05, 0.1) is 25.4 Å². The molecule has 1 rings (SSSR count). The van der Waals surface area contributed by atoms with Crippen LogP contribution in [0.5, 0.6) is 0 Å². The van der Waals surface area contributed by atoms with E-state index in [1.807, 2.05) is 12.2 Å². The molecule has 2 unspecified atom stereocenters. The molecule has 1 aliphatic heterocycles. The van der Waals surface area contributed by atoms with Crippen LogP contribution in [-0.4, -0.2) is 25.4 Å². The highest BCUT2D eigenvalue weighted by atomic mass is 16.6. The second-order valence-electron chi connectivity index (χ2n) is 4.01. The predicted molar refractivity (Wildman–Crippen MR) is 62.9 cm³/mol. The van der Waals surface area contributed by atoms with E-state index in [4.69, 9.17) is 9.47 Å². The summed E-state index contributed by atoms with van der Waals surface area (Å²) in [5, 5.41) is 0. The number of rotatable bonds is 8. The van der Waals surface area contributed by atoms with Crippen LogP contribution in [0.15, 0.2) is 24.8 Å². The Morgan fingerprint density at radius 2 is 2.27 bits per heavy atom. The van der Waals surface area contributed by atoms with Crippen molar-refractivity contribution in [3.63, 3.8) is 0 Å². The fourth-order valence-corrected chi connectivity index (χ4v) is 1.89. The van der Waals surface area contributed by atoms with Crippen LogP contribution in [-0.2, 0) is 9.47 Å². The molecule has 0 aromatic carbocycles. The third-order valence-electron chi connectivity index (χ3n) is 3.16. The molecule has 1 saturated heterocycles. The molecular weight excluding hydrogens is 188 g/mol. The van der Waals surface area contributed by atoms with Crippen molar-refractivity contribution in [2.24, 2.45) is 5.92 Å². The monoisotopic (exact) mass is 210 g/mol. The van der Waals surface area contributed by atoms with E-state index in [1.165, 1.54) is 0 Å². The van der Waals surface area contributed by atoms with Crippen molar-refractivity contribution in [1.82, 2.24) is 0 Å². The molecule has 1 aliphatic rings. The van der Waals surface area contributed by atoms with Crippen molar-refractivity contribution in [1.29, 1.82) is 0 Å². The van der Waals surface area contributed by atoms with Gasteiger partial charge in [0.15, 0.2) is 0 Å². The summed E-state index contributed by atoms with van der Waals surface area (Å²) < 4.78 is 11.2. The largest absolute Gasteiger partial charge is 0.377 e. The maximum Gasteiger partial charge on any atom is 0.0963 e. The van der Waals surface area contributed by atoms with Crippen molar-refractivity contribution in [2.75, 3.05) is 19.8 Å². The Labute approximate surface area is 93.0 Å². The first-order valence-electron chi connectivity index (χ1n) is 5.78. The van der Waals surface area contributed by atoms with Crippen LogP contribution in [0.2, 0.25) is 0 Å². The van der Waals surface area contributed by atoms with E-state index in [-0.39, 0.29) is 5.60 Å². The second kappa shape index (κ2) is 6.09. The van der Waals surface area contributed by atoms with Gasteiger partial charge in [0, 0.05) is 5.92 Å². The lowest BCUT2D eigenvalue weighted by Gasteiger charge is -2.21. The highest BCUT2D eigenvalue weighted by Crippen LogP contribution is 2.40. The van der Waals surface area contributed by atoms with Crippen LogP contribution in [0.4, 0.5) is 0 Å². The molecule has 1 heterocycles. The fraction of sp³-hybridized carbons (Fsp3) is 0.692. The molecule has 1 fully saturated rings. The average molecular weight is 210 g/mol. The summed E-state index contributed by atoms with van der Waals surface area (Å²) in [7, 11) is 0. The SMILES string of the molecule is C=CC=CCOCC(CC)C1(CC)CO1. The number of hydrogen-bond acceptors (Lipinski definition) is 2. The molecule has 0 aromatic rings. The lowest BCUT2D eigenvalue weighted by atomic mass is 9.89. The quantitative estimate of drug-likeness (QED) is 0.349. The Hall–Kier alpha value is -0.600. The first-order chi connectivity index (χ1) is 7.29. The normalized spacial score (nSPS) is 26.8. The van der Waals surface area contributed by atoms with Gasteiger partial charge in [0.1, 0.15) is 0 Å². The van der Waals surface area contributed by atoms with Crippen LogP contribution in [0, 0.1) is 5.92 Å². The molecule has 0 aromatic heterocycles. The first kappa shape index (κ1) is 12.5. The first-order valence-corrected chi connectivity index (χ1v) is 5.78. The predicted octanol–water partition coefficient (Wildman–Crippen LogP) is 2.95. The molecule has 0 N–H and O–H groups in total. The molecule has 0 aliphatic carbocycles. The standard InChI is InChI=1S/C13H22O2/c1-4-7-8-9-14-10-12(5-2)13(6-3)11-15-13/h4,7-8,12H,1,5-6,9-11H2,2-3H3. The molecule has 2 atom stereocenters. The number of allylic oxidation sites excluding steroid dienone is 2. The van der Waals surface area contributed by atoms with Gasteiger partial charge in [-0.3, -0.25) is 0 Å². The second-order valence-corrected chi connectivity index (χ2v) is 4.01. The van der Waals surface area contributed by atoms with Crippen molar-refractivity contribution in [3.05, 3.63) is 24.8 Å². The zero-order chi connectivity index (χ0) is 11.1. The number of hydrogen-bond donors (Lipinski definition) is 0. The molecule has 86 valence electrons. The summed E-state index contributed by atoms with van der Waals surface area (Å²) in [6.45, 7) is 10.4. The van der Waals surface area contributed by atoms with E-state index < -0.39 is 0 Å². The van der Waals surface area contributed by atoms with Crippen LogP contribution in [0.1, 0.15) is 26.7 Å². The van der Waals surface area contributed by atoms with Crippen LogP contribution in [0.25, 0.3) is 0 Å². The average Bonchev–Trinajstić information content (AvgIpc) is 3.04. The van der Waals surface area contributed by atoms with Gasteiger partial charge in [-0.2, -0.15) is 0 Å². The molecule has 15 heavy (non-hydrogen) atoms. The Morgan fingerprint density at radius 3 is 2.73 bits per heavy atom. The minimum absolute atomic E-state index is 0.136. The van der Waals surface area contributed by atoms with Crippen LogP contribution < -0.4 is 0 Å². The maximum atomic E-state index is 5.60. The van der Waals surface area contributed by atoms with Gasteiger partial charge in [-0.05, 0) is 12.8 Å². The van der Waals surface area contributed by atoms with Gasteiger partial charge in [0.2, 0.25) is 0 Å². The Kier molecular flexibility index (Phi) is 5.06. The van der Waals surface area contributed by atoms with E-state index in [9.17, 15) is 0 Å². The minimum atomic E-state index is 0.136. The summed E-state index contributed by atoms with van der Waals surface area (Å²) in [6, 6.07) is 0. The third kappa shape index (κ3) is 3.47. The summed E-state index contributed by atoms with van der Waals surface area (Å²) in [5.74, 6) is 0.541. The van der Waals surface area contributed by atoms with Gasteiger partial charge >= 0.3 is 0 Å². The molecular formula is C13H22O2. The molecule has 0 amide bonds. The van der Waals surface area contributed by atoms with Crippen molar-refractivity contribution < 1.29 is 9.47 Å². The van der Waals surface area contributed by atoms with Gasteiger partial charge in [-0.1, -0.05) is 38.7 Å². The minimum Gasteiger partial charge on any atom is -0.377 e. The van der Waals surface area contributed by atoms with Crippen molar-refractivity contribution in [3.8, 4) is 0 Å². The summed E-state index contributed by atoms with van der Waals surface area (Å²) in [4.78, 5) is 0. The maximum absolute atomic E-state index is 5.60. The van der Waals surface area contributed by atoms with Crippen molar-refractivity contribution in [2.45, 2.75) is 32.3 Å². The number of ether oxygens (including phenoxy) is 2. The summed E-state index contributed by atoms with van der Waals surface area (Å²) in [5.41, 5.74) is 0.136. The Morgan fingerprint density at radius 1 is 1.53 bits per heavy atom. The van der Waals surface area contributed by atoms with Crippen LogP contribution in [0.3, 0.4) is 0 Å². The van der Waals surface area contributed by atoms with E-state index in [0.717, 1.165) is 26.1 Å². The molecule has 0 saturated carbocycles. The Balaban J connectivity index is 2.23. The lowest BCUT2D eigenvalue weighted by molar-refractivity contribution is 0.0741. The van der Waals surface area contributed by atoms with Crippen LogP contribution >= 0.6 is 0 Å². The zero-order valence-corrected chi connectivity index (χ0v) is 9.87. The highest BCUT2D eigenvalue weighted by Gasteiger charge is 2.48. The molecule has 2 heteroatoms. The zero-order valence-electron chi connectivity index (χ0n) is 9.87. The van der Waals surface area contributed by atoms with Gasteiger partial charge in [-0.15, -0.1) is 0 Å². The van der Waals surface area contributed by atoms with E-state index in [0.29, 0.717) is 12.5 Å². The van der Waals surface area contributed by atoms with E-state index >= 15 is 0 Å². The topological polar surface area (TPSA) is 21.8 Å². The lowest BCUT2D eigenvalue weighted by Crippen LogP contribution is -2.27. The van der Waals surface area contributed by atoms with Crippen molar-refractivity contribution >= 4 is 0 Å². The summed E-state index contributed by atoms with van der Waals surface area (Å²) >= 11 is 0. The third-order valence-corrected chi connectivity index (χ3v) is 3.16. The van der Waals surface area contributed by atoms with E-state index in [2.05, 4.69) is 20.4 Å². The Bertz CT molecular complexity index is 217. The highest BCUT2D eigenvalue weighted by molar-refractivity contribution is 4.98. The van der Waals surface area contributed by atoms with Gasteiger partial charge in [0.25, 0.3) is 0 Å². The van der Waals surface area contributed by atoms with Gasteiger partial charge in [-0.25, -0.2) is 0 Å². The smallest absolute Gasteiger partial charge is 0.0963 e. The molecule has 0 radical (unpaired) electrons.